The average molecular weight is 225 g/mol. The van der Waals surface area contributed by atoms with Crippen LogP contribution in [0.25, 0.3) is 0 Å². The largest absolute Gasteiger partial charge is 0.391 e. The van der Waals surface area contributed by atoms with E-state index in [9.17, 15) is 5.11 Å². The second-order valence-corrected chi connectivity index (χ2v) is 4.30. The first-order valence-corrected chi connectivity index (χ1v) is 5.96. The number of hydrogen-bond acceptors (Lipinski definition) is 3. The molecule has 0 spiro atoms. The summed E-state index contributed by atoms with van der Waals surface area (Å²) >= 11 is 0. The molecule has 4 heteroatoms. The third kappa shape index (κ3) is 2.76. The summed E-state index contributed by atoms with van der Waals surface area (Å²) in [6, 6.07) is 0. The minimum Gasteiger partial charge on any atom is -0.391 e. The number of aryl methyl sites for hydroxylation is 2. The normalized spacial score (nSPS) is 10.8. The van der Waals surface area contributed by atoms with E-state index in [0.29, 0.717) is 0 Å². The molecule has 0 unspecified atom stereocenters. The molecule has 0 aliphatic heterocycles. The van der Waals surface area contributed by atoms with Crippen LogP contribution < -0.4 is 4.90 Å². The zero-order valence-electron chi connectivity index (χ0n) is 10.8. The molecular weight excluding hydrogens is 202 g/mol. The van der Waals surface area contributed by atoms with Crippen molar-refractivity contribution in [1.29, 1.82) is 0 Å². The lowest BCUT2D eigenvalue weighted by atomic mass is 10.2. The molecule has 16 heavy (non-hydrogen) atoms. The van der Waals surface area contributed by atoms with Gasteiger partial charge in [-0.15, -0.1) is 0 Å². The maximum atomic E-state index is 9.35. The summed E-state index contributed by atoms with van der Waals surface area (Å²) in [6.45, 7) is 5.22. The van der Waals surface area contributed by atoms with Gasteiger partial charge in [0.05, 0.1) is 12.3 Å². The molecule has 4 nitrogen and oxygen atoms in total. The highest BCUT2D eigenvalue weighted by Crippen LogP contribution is 2.22. The van der Waals surface area contributed by atoms with E-state index < -0.39 is 0 Å². The van der Waals surface area contributed by atoms with Crippen LogP contribution in [0.15, 0.2) is 0 Å². The van der Waals surface area contributed by atoms with Gasteiger partial charge in [-0.1, -0.05) is 19.8 Å². The van der Waals surface area contributed by atoms with E-state index in [-0.39, 0.29) is 6.61 Å². The molecule has 0 bridgehead atoms. The molecule has 0 fully saturated rings. The van der Waals surface area contributed by atoms with Gasteiger partial charge in [0, 0.05) is 26.2 Å². The van der Waals surface area contributed by atoms with Gasteiger partial charge in [0.25, 0.3) is 0 Å². The van der Waals surface area contributed by atoms with Crippen molar-refractivity contribution in [1.82, 2.24) is 9.78 Å². The summed E-state index contributed by atoms with van der Waals surface area (Å²) in [6.07, 6.45) is 3.66. The Morgan fingerprint density at radius 3 is 2.62 bits per heavy atom. The van der Waals surface area contributed by atoms with Crippen LogP contribution in [0.4, 0.5) is 5.82 Å². The lowest BCUT2D eigenvalue weighted by Crippen LogP contribution is -2.22. The van der Waals surface area contributed by atoms with Crippen molar-refractivity contribution in [2.75, 3.05) is 18.5 Å². The van der Waals surface area contributed by atoms with Gasteiger partial charge in [0.15, 0.2) is 0 Å². The van der Waals surface area contributed by atoms with Crippen LogP contribution in [0.2, 0.25) is 0 Å². The van der Waals surface area contributed by atoms with Gasteiger partial charge < -0.3 is 10.0 Å². The molecule has 0 amide bonds. The van der Waals surface area contributed by atoms with Crippen molar-refractivity contribution < 1.29 is 5.11 Å². The number of aliphatic hydroxyl groups excluding tert-OH is 1. The van der Waals surface area contributed by atoms with Crippen molar-refractivity contribution in [3.05, 3.63) is 11.3 Å². The minimum atomic E-state index is 0.0626. The van der Waals surface area contributed by atoms with Gasteiger partial charge in [-0.2, -0.15) is 5.10 Å². The number of rotatable bonds is 6. The van der Waals surface area contributed by atoms with E-state index in [4.69, 9.17) is 0 Å². The Bertz CT molecular complexity index is 333. The zero-order chi connectivity index (χ0) is 12.1. The number of unbranched alkanes of at least 4 members (excludes halogenated alkanes) is 2. The van der Waals surface area contributed by atoms with E-state index in [1.165, 1.54) is 19.3 Å². The molecule has 0 saturated heterocycles. The standard InChI is InChI=1S/C12H23N3O/c1-5-6-7-8-14(3)12-11(9-16)10(2)13-15(12)4/h16H,5-9H2,1-4H3. The number of anilines is 1. The molecule has 0 aliphatic carbocycles. The summed E-state index contributed by atoms with van der Waals surface area (Å²) < 4.78 is 1.85. The van der Waals surface area contributed by atoms with E-state index in [1.807, 2.05) is 18.7 Å². The Kier molecular flexibility index (Phi) is 4.80. The summed E-state index contributed by atoms with van der Waals surface area (Å²) in [7, 11) is 3.99. The van der Waals surface area contributed by atoms with Gasteiger partial charge in [-0.3, -0.25) is 4.68 Å². The van der Waals surface area contributed by atoms with Crippen LogP contribution in [0.5, 0.6) is 0 Å². The first-order valence-electron chi connectivity index (χ1n) is 5.96. The fraction of sp³-hybridized carbons (Fsp3) is 0.750. The summed E-state index contributed by atoms with van der Waals surface area (Å²) in [5, 5.41) is 13.7. The predicted molar refractivity (Wildman–Crippen MR) is 66.7 cm³/mol. The monoisotopic (exact) mass is 225 g/mol. The number of aromatic nitrogens is 2. The van der Waals surface area contributed by atoms with E-state index in [0.717, 1.165) is 23.6 Å². The van der Waals surface area contributed by atoms with E-state index in [2.05, 4.69) is 24.0 Å². The lowest BCUT2D eigenvalue weighted by molar-refractivity contribution is 0.281. The molecular formula is C12H23N3O. The Morgan fingerprint density at radius 1 is 1.38 bits per heavy atom. The van der Waals surface area contributed by atoms with Gasteiger partial charge >= 0.3 is 0 Å². The van der Waals surface area contributed by atoms with Crippen LogP contribution >= 0.6 is 0 Å². The fourth-order valence-electron chi connectivity index (χ4n) is 2.06. The van der Waals surface area contributed by atoms with Crippen LogP contribution in [0.3, 0.4) is 0 Å². The van der Waals surface area contributed by atoms with Crippen LogP contribution in [-0.2, 0) is 13.7 Å². The molecule has 92 valence electrons. The number of aliphatic hydroxyl groups is 1. The summed E-state index contributed by atoms with van der Waals surface area (Å²) in [5.74, 6) is 1.04. The van der Waals surface area contributed by atoms with Crippen molar-refractivity contribution in [3.8, 4) is 0 Å². The van der Waals surface area contributed by atoms with Gasteiger partial charge in [-0.25, -0.2) is 0 Å². The Hall–Kier alpha value is -1.03. The first-order chi connectivity index (χ1) is 7.61. The minimum absolute atomic E-state index is 0.0626. The second kappa shape index (κ2) is 5.89. The first kappa shape index (κ1) is 13.0. The van der Waals surface area contributed by atoms with Crippen molar-refractivity contribution in [3.63, 3.8) is 0 Å². The fourth-order valence-corrected chi connectivity index (χ4v) is 2.06. The smallest absolute Gasteiger partial charge is 0.132 e. The Balaban J connectivity index is 2.77. The molecule has 1 rings (SSSR count). The topological polar surface area (TPSA) is 41.3 Å². The highest BCUT2D eigenvalue weighted by Gasteiger charge is 2.15. The molecule has 0 saturated carbocycles. The summed E-state index contributed by atoms with van der Waals surface area (Å²) in [5.41, 5.74) is 1.86. The molecule has 0 aliphatic rings. The van der Waals surface area contributed by atoms with Crippen molar-refractivity contribution >= 4 is 5.82 Å². The molecule has 0 aromatic carbocycles. The van der Waals surface area contributed by atoms with Gasteiger partial charge in [0.2, 0.25) is 0 Å². The highest BCUT2D eigenvalue weighted by atomic mass is 16.3. The maximum Gasteiger partial charge on any atom is 0.132 e. The summed E-state index contributed by atoms with van der Waals surface area (Å²) in [4.78, 5) is 2.18. The Morgan fingerprint density at radius 2 is 2.06 bits per heavy atom. The molecule has 1 N–H and O–H groups in total. The quantitative estimate of drug-likeness (QED) is 0.751. The molecule has 0 radical (unpaired) electrons. The number of nitrogens with zero attached hydrogens (tertiary/aromatic N) is 3. The van der Waals surface area contributed by atoms with Crippen LogP contribution in [-0.4, -0.2) is 28.5 Å². The third-order valence-electron chi connectivity index (χ3n) is 2.93. The van der Waals surface area contributed by atoms with E-state index in [1.54, 1.807) is 0 Å². The average Bonchev–Trinajstić information content (AvgIpc) is 2.53. The van der Waals surface area contributed by atoms with Gasteiger partial charge in [0.1, 0.15) is 5.82 Å². The maximum absolute atomic E-state index is 9.35. The molecule has 0 atom stereocenters. The van der Waals surface area contributed by atoms with Crippen molar-refractivity contribution in [2.45, 2.75) is 39.7 Å². The SMILES string of the molecule is CCCCCN(C)c1c(CO)c(C)nn1C. The van der Waals surface area contributed by atoms with Crippen LogP contribution in [0, 0.1) is 6.92 Å². The van der Waals surface area contributed by atoms with Crippen LogP contribution in [0.1, 0.15) is 37.4 Å². The van der Waals surface area contributed by atoms with Gasteiger partial charge in [-0.05, 0) is 13.3 Å². The highest BCUT2D eigenvalue weighted by molar-refractivity contribution is 5.49. The molecule has 1 aromatic heterocycles. The zero-order valence-corrected chi connectivity index (χ0v) is 10.8. The Labute approximate surface area is 97.9 Å². The molecule has 1 aromatic rings. The number of hydrogen-bond donors (Lipinski definition) is 1. The molecule has 1 heterocycles. The predicted octanol–water partition coefficient (Wildman–Crippen LogP) is 1.85. The second-order valence-electron chi connectivity index (χ2n) is 4.30. The lowest BCUT2D eigenvalue weighted by Gasteiger charge is -2.20. The van der Waals surface area contributed by atoms with Crippen molar-refractivity contribution in [2.24, 2.45) is 7.05 Å². The van der Waals surface area contributed by atoms with E-state index >= 15 is 0 Å². The third-order valence-corrected chi connectivity index (χ3v) is 2.93.